The van der Waals surface area contributed by atoms with E-state index in [0.717, 1.165) is 23.3 Å². The predicted molar refractivity (Wildman–Crippen MR) is 181 cm³/mol. The second-order valence-electron chi connectivity index (χ2n) is 11.5. The topological polar surface area (TPSA) is 86.8 Å². The first-order valence-corrected chi connectivity index (χ1v) is 17.2. The van der Waals surface area contributed by atoms with Gasteiger partial charge in [0, 0.05) is 19.0 Å². The number of nitrogens with one attached hydrogen (secondary N) is 1. The van der Waals surface area contributed by atoms with Crippen molar-refractivity contribution in [1.82, 2.24) is 10.2 Å². The van der Waals surface area contributed by atoms with E-state index in [2.05, 4.69) is 5.32 Å². The van der Waals surface area contributed by atoms with Gasteiger partial charge < -0.3 is 10.2 Å². The van der Waals surface area contributed by atoms with Gasteiger partial charge in [0.15, 0.2) is 0 Å². The average molecular weight is 700 g/mol. The van der Waals surface area contributed by atoms with Gasteiger partial charge in [0.2, 0.25) is 11.8 Å². The first kappa shape index (κ1) is 36.5. The van der Waals surface area contributed by atoms with Crippen LogP contribution in [-0.4, -0.2) is 43.8 Å². The van der Waals surface area contributed by atoms with Crippen LogP contribution in [0.4, 0.5) is 18.9 Å². The SMILES string of the molecule is CC[C@@H](C)NC(=O)[C@H](Cc1ccccc1)N(Cc1ccc(C)cc1)C(=O)CN(c1cc(C(F)(F)F)ccc1Cl)S(=O)(=O)c1ccccc1. The molecule has 12 heteroatoms. The Morgan fingerprint density at radius 2 is 1.48 bits per heavy atom. The number of sulfonamides is 1. The van der Waals surface area contributed by atoms with Crippen molar-refractivity contribution >= 4 is 39.1 Å². The molecule has 0 radical (unpaired) electrons. The van der Waals surface area contributed by atoms with Crippen molar-refractivity contribution in [3.05, 3.63) is 130 Å². The summed E-state index contributed by atoms with van der Waals surface area (Å²) < 4.78 is 70.4. The van der Waals surface area contributed by atoms with Crippen molar-refractivity contribution in [2.75, 3.05) is 10.8 Å². The van der Waals surface area contributed by atoms with E-state index >= 15 is 0 Å². The molecule has 1 N–H and O–H groups in total. The summed E-state index contributed by atoms with van der Waals surface area (Å²) in [6.07, 6.45) is -4.11. The van der Waals surface area contributed by atoms with Gasteiger partial charge in [0.25, 0.3) is 10.0 Å². The van der Waals surface area contributed by atoms with Crippen molar-refractivity contribution in [2.45, 2.75) is 63.3 Å². The molecule has 2 amide bonds. The Bertz CT molecular complexity index is 1810. The van der Waals surface area contributed by atoms with Gasteiger partial charge in [-0.3, -0.25) is 13.9 Å². The van der Waals surface area contributed by atoms with Crippen LogP contribution >= 0.6 is 11.6 Å². The molecule has 0 unspecified atom stereocenters. The molecule has 0 spiro atoms. The van der Waals surface area contributed by atoms with Gasteiger partial charge >= 0.3 is 6.18 Å². The van der Waals surface area contributed by atoms with Crippen molar-refractivity contribution in [1.29, 1.82) is 0 Å². The molecule has 2 atom stereocenters. The Morgan fingerprint density at radius 3 is 2.06 bits per heavy atom. The van der Waals surface area contributed by atoms with Crippen LogP contribution < -0.4 is 9.62 Å². The van der Waals surface area contributed by atoms with E-state index in [0.29, 0.717) is 22.4 Å². The van der Waals surface area contributed by atoms with Gasteiger partial charge in [-0.15, -0.1) is 0 Å². The number of rotatable bonds is 13. The van der Waals surface area contributed by atoms with Gasteiger partial charge in [-0.2, -0.15) is 13.2 Å². The van der Waals surface area contributed by atoms with E-state index in [1.165, 1.54) is 29.2 Å². The third-order valence-electron chi connectivity index (χ3n) is 7.90. The first-order valence-electron chi connectivity index (χ1n) is 15.3. The number of carbonyl (C=O) groups is 2. The molecule has 0 aliphatic rings. The van der Waals surface area contributed by atoms with Crippen molar-refractivity contribution in [2.24, 2.45) is 0 Å². The van der Waals surface area contributed by atoms with E-state index < -0.39 is 51.9 Å². The monoisotopic (exact) mass is 699 g/mol. The molecule has 0 saturated carbocycles. The summed E-state index contributed by atoms with van der Waals surface area (Å²) in [6.45, 7) is 4.60. The van der Waals surface area contributed by atoms with Gasteiger partial charge in [-0.1, -0.05) is 96.9 Å². The predicted octanol–water partition coefficient (Wildman–Crippen LogP) is 7.42. The van der Waals surface area contributed by atoms with Crippen molar-refractivity contribution in [3.8, 4) is 0 Å². The van der Waals surface area contributed by atoms with Gasteiger partial charge in [0.05, 0.1) is 21.2 Å². The van der Waals surface area contributed by atoms with Gasteiger partial charge in [-0.05, 0) is 61.7 Å². The number of benzene rings is 4. The third kappa shape index (κ3) is 9.17. The van der Waals surface area contributed by atoms with E-state index in [4.69, 9.17) is 11.6 Å². The molecule has 4 rings (SSSR count). The second-order valence-corrected chi connectivity index (χ2v) is 13.8. The van der Waals surface area contributed by atoms with E-state index in [9.17, 15) is 31.2 Å². The zero-order valence-corrected chi connectivity index (χ0v) is 28.3. The molecular weight excluding hydrogens is 663 g/mol. The smallest absolute Gasteiger partial charge is 0.352 e. The normalized spacial score (nSPS) is 13.0. The lowest BCUT2D eigenvalue weighted by Crippen LogP contribution is -2.54. The van der Waals surface area contributed by atoms with Crippen molar-refractivity contribution < 1.29 is 31.2 Å². The highest BCUT2D eigenvalue weighted by Crippen LogP contribution is 2.37. The minimum absolute atomic E-state index is 0.0832. The minimum Gasteiger partial charge on any atom is -0.352 e. The summed E-state index contributed by atoms with van der Waals surface area (Å²) in [5, 5.41) is 2.63. The molecule has 0 bridgehead atoms. The fraction of sp³-hybridized carbons (Fsp3) is 0.278. The largest absolute Gasteiger partial charge is 0.416 e. The average Bonchev–Trinajstić information content (AvgIpc) is 3.06. The van der Waals surface area contributed by atoms with Gasteiger partial charge in [-0.25, -0.2) is 8.42 Å². The fourth-order valence-corrected chi connectivity index (χ4v) is 6.71. The Balaban J connectivity index is 1.87. The van der Waals surface area contributed by atoms with Crippen LogP contribution in [0.2, 0.25) is 5.02 Å². The maximum absolute atomic E-state index is 14.5. The van der Waals surface area contributed by atoms with Crippen LogP contribution in [0.1, 0.15) is 42.5 Å². The number of nitrogens with zero attached hydrogens (tertiary/aromatic N) is 2. The molecule has 7 nitrogen and oxygen atoms in total. The summed E-state index contributed by atoms with van der Waals surface area (Å²) >= 11 is 6.37. The van der Waals surface area contributed by atoms with Crippen LogP contribution in [0.5, 0.6) is 0 Å². The van der Waals surface area contributed by atoms with E-state index in [-0.39, 0.29) is 28.9 Å². The number of hydrogen-bond acceptors (Lipinski definition) is 4. The number of carbonyl (C=O) groups excluding carboxylic acids is 2. The van der Waals surface area contributed by atoms with Crippen LogP contribution in [0.25, 0.3) is 0 Å². The van der Waals surface area contributed by atoms with E-state index in [1.807, 2.05) is 51.1 Å². The molecule has 48 heavy (non-hydrogen) atoms. The lowest BCUT2D eigenvalue weighted by Gasteiger charge is -2.34. The quantitative estimate of drug-likeness (QED) is 0.157. The van der Waals surface area contributed by atoms with Crippen LogP contribution in [0.15, 0.2) is 108 Å². The van der Waals surface area contributed by atoms with Crippen LogP contribution in [0.3, 0.4) is 0 Å². The van der Waals surface area contributed by atoms with Crippen LogP contribution in [-0.2, 0) is 38.8 Å². The molecule has 4 aromatic rings. The van der Waals surface area contributed by atoms with E-state index in [1.54, 1.807) is 30.3 Å². The number of amides is 2. The zero-order valence-electron chi connectivity index (χ0n) is 26.7. The third-order valence-corrected chi connectivity index (χ3v) is 9.99. The number of halogens is 4. The van der Waals surface area contributed by atoms with Crippen LogP contribution in [0, 0.1) is 6.92 Å². The fourth-order valence-electron chi connectivity index (χ4n) is 5.00. The number of alkyl halides is 3. The standard InChI is InChI=1S/C36H37ClF3N3O4S/c1-4-26(3)41-35(45)33(21-27-11-7-5-8-12-27)42(23-28-17-15-25(2)16-18-28)34(44)24-43(48(46,47)30-13-9-6-10-14-30)32-22-29(36(38,39)40)19-20-31(32)37/h5-20,22,26,33H,4,21,23-24H2,1-3H3,(H,41,45)/t26-,33+/m1/s1. The summed E-state index contributed by atoms with van der Waals surface area (Å²) in [4.78, 5) is 29.5. The Labute approximate surface area is 284 Å². The molecule has 0 aromatic heterocycles. The highest BCUT2D eigenvalue weighted by Gasteiger charge is 2.37. The molecule has 0 aliphatic heterocycles. The maximum Gasteiger partial charge on any atom is 0.416 e. The zero-order chi connectivity index (χ0) is 35.1. The highest BCUT2D eigenvalue weighted by atomic mass is 35.5. The Morgan fingerprint density at radius 1 is 0.875 bits per heavy atom. The molecule has 0 heterocycles. The summed E-state index contributed by atoms with van der Waals surface area (Å²) in [7, 11) is -4.64. The maximum atomic E-state index is 14.5. The first-order chi connectivity index (χ1) is 22.7. The molecule has 0 aliphatic carbocycles. The molecule has 4 aromatic carbocycles. The summed E-state index contributed by atoms with van der Waals surface area (Å²) in [5.41, 5.74) is 0.707. The summed E-state index contributed by atoms with van der Waals surface area (Å²) in [6, 6.07) is 24.3. The summed E-state index contributed by atoms with van der Waals surface area (Å²) in [5.74, 6) is -1.27. The molecule has 254 valence electrons. The van der Waals surface area contributed by atoms with Crippen molar-refractivity contribution in [3.63, 3.8) is 0 Å². The lowest BCUT2D eigenvalue weighted by molar-refractivity contribution is -0.140. The van der Waals surface area contributed by atoms with Gasteiger partial charge in [0.1, 0.15) is 12.6 Å². The number of aryl methyl sites for hydroxylation is 1. The number of hydrogen-bond donors (Lipinski definition) is 1. The second kappa shape index (κ2) is 15.7. The minimum atomic E-state index is -4.82. The number of anilines is 1. The molecular formula is C36H37ClF3N3O4S. The highest BCUT2D eigenvalue weighted by molar-refractivity contribution is 7.92. The molecule has 0 saturated heterocycles. The molecule has 0 fully saturated rings. The Kier molecular flexibility index (Phi) is 11.9. The lowest BCUT2D eigenvalue weighted by atomic mass is 10.0. The Hall–Kier alpha value is -4.35.